The van der Waals surface area contributed by atoms with Gasteiger partial charge in [0, 0.05) is 36.0 Å². The number of pyridine rings is 1. The van der Waals surface area contributed by atoms with Crippen molar-refractivity contribution in [3.63, 3.8) is 0 Å². The number of carbonyl (C=O) groups is 1. The van der Waals surface area contributed by atoms with Crippen LogP contribution >= 0.6 is 0 Å². The number of carbonyl (C=O) groups excluding carboxylic acids is 1. The first-order valence-electron chi connectivity index (χ1n) is 7.85. The van der Waals surface area contributed by atoms with E-state index in [2.05, 4.69) is 47.8 Å². The lowest BCUT2D eigenvalue weighted by molar-refractivity contribution is -0.117. The van der Waals surface area contributed by atoms with E-state index < -0.39 is 0 Å². The van der Waals surface area contributed by atoms with Crippen LogP contribution in [0.15, 0.2) is 48.9 Å². The number of aromatic nitrogens is 2. The topological polar surface area (TPSA) is 60.9 Å². The fourth-order valence-corrected chi connectivity index (χ4v) is 2.96. The first kappa shape index (κ1) is 15.3. The molecule has 23 heavy (non-hydrogen) atoms. The Kier molecular flexibility index (Phi) is 4.15. The standard InChI is InChI=1S/C19H21N3O/c1-13(2)11-22-12-16(10-19(20)23)17-4-3-15(9-18(17)22)14-5-7-21-8-6-14/h3-9,12-13H,10-11H2,1-2H3,(H2,20,23). The summed E-state index contributed by atoms with van der Waals surface area (Å²) in [5, 5.41) is 1.10. The van der Waals surface area contributed by atoms with Crippen molar-refractivity contribution in [3.8, 4) is 11.1 Å². The fraction of sp³-hybridized carbons (Fsp3) is 0.263. The van der Waals surface area contributed by atoms with E-state index in [1.807, 2.05) is 12.1 Å². The number of hydrogen-bond donors (Lipinski definition) is 1. The van der Waals surface area contributed by atoms with Gasteiger partial charge in [0.1, 0.15) is 0 Å². The zero-order chi connectivity index (χ0) is 16.4. The van der Waals surface area contributed by atoms with E-state index in [1.54, 1.807) is 12.4 Å². The van der Waals surface area contributed by atoms with E-state index in [1.165, 1.54) is 0 Å². The molecule has 0 saturated heterocycles. The van der Waals surface area contributed by atoms with Crippen LogP contribution in [0.4, 0.5) is 0 Å². The van der Waals surface area contributed by atoms with Crippen LogP contribution < -0.4 is 5.73 Å². The van der Waals surface area contributed by atoms with Crippen LogP contribution in [0.1, 0.15) is 19.4 Å². The van der Waals surface area contributed by atoms with Gasteiger partial charge in [-0.3, -0.25) is 9.78 Å². The molecule has 118 valence electrons. The highest BCUT2D eigenvalue weighted by molar-refractivity contribution is 5.91. The Bertz CT molecular complexity index is 834. The van der Waals surface area contributed by atoms with Crippen molar-refractivity contribution in [1.29, 1.82) is 0 Å². The lowest BCUT2D eigenvalue weighted by Gasteiger charge is -2.09. The minimum absolute atomic E-state index is 0.274. The summed E-state index contributed by atoms with van der Waals surface area (Å²) in [7, 11) is 0. The predicted molar refractivity (Wildman–Crippen MR) is 92.9 cm³/mol. The molecule has 0 aliphatic carbocycles. The number of nitrogens with zero attached hydrogens (tertiary/aromatic N) is 2. The molecule has 1 aromatic carbocycles. The molecule has 2 heterocycles. The summed E-state index contributed by atoms with van der Waals surface area (Å²) in [5.74, 6) is 0.225. The summed E-state index contributed by atoms with van der Waals surface area (Å²) in [4.78, 5) is 15.4. The Labute approximate surface area is 136 Å². The van der Waals surface area contributed by atoms with Crippen LogP contribution in [0, 0.1) is 5.92 Å². The monoisotopic (exact) mass is 307 g/mol. The molecule has 3 aromatic rings. The zero-order valence-electron chi connectivity index (χ0n) is 13.5. The average Bonchev–Trinajstić information content (AvgIpc) is 2.84. The summed E-state index contributed by atoms with van der Waals surface area (Å²) in [6.07, 6.45) is 5.93. The summed E-state index contributed by atoms with van der Waals surface area (Å²) >= 11 is 0. The maximum absolute atomic E-state index is 11.3. The molecule has 0 radical (unpaired) electrons. The molecule has 0 unspecified atom stereocenters. The predicted octanol–water partition coefficient (Wildman–Crippen LogP) is 3.39. The van der Waals surface area contributed by atoms with Gasteiger partial charge in [0.05, 0.1) is 6.42 Å². The van der Waals surface area contributed by atoms with Crippen molar-refractivity contribution in [3.05, 3.63) is 54.5 Å². The molecule has 0 aliphatic rings. The summed E-state index contributed by atoms with van der Waals surface area (Å²) in [6, 6.07) is 10.3. The van der Waals surface area contributed by atoms with Crippen LogP contribution in [-0.4, -0.2) is 15.5 Å². The van der Waals surface area contributed by atoms with Gasteiger partial charge in [-0.2, -0.15) is 0 Å². The maximum Gasteiger partial charge on any atom is 0.221 e. The highest BCUT2D eigenvalue weighted by Crippen LogP contribution is 2.28. The van der Waals surface area contributed by atoms with Gasteiger partial charge in [0.2, 0.25) is 5.91 Å². The van der Waals surface area contributed by atoms with E-state index in [-0.39, 0.29) is 12.3 Å². The fourth-order valence-electron chi connectivity index (χ4n) is 2.96. The molecule has 3 rings (SSSR count). The molecule has 4 heteroatoms. The third kappa shape index (κ3) is 3.26. The molecule has 0 atom stereocenters. The van der Waals surface area contributed by atoms with E-state index in [0.29, 0.717) is 5.92 Å². The summed E-state index contributed by atoms with van der Waals surface area (Å²) < 4.78 is 2.23. The number of nitrogens with two attached hydrogens (primary N) is 1. The van der Waals surface area contributed by atoms with Crippen LogP contribution in [0.3, 0.4) is 0 Å². The Morgan fingerprint density at radius 1 is 1.17 bits per heavy atom. The zero-order valence-corrected chi connectivity index (χ0v) is 13.5. The van der Waals surface area contributed by atoms with Crippen molar-refractivity contribution in [2.45, 2.75) is 26.8 Å². The second-order valence-electron chi connectivity index (χ2n) is 6.31. The van der Waals surface area contributed by atoms with Crippen LogP contribution in [0.5, 0.6) is 0 Å². The van der Waals surface area contributed by atoms with Gasteiger partial charge in [0.15, 0.2) is 0 Å². The van der Waals surface area contributed by atoms with Gasteiger partial charge < -0.3 is 10.3 Å². The van der Waals surface area contributed by atoms with E-state index >= 15 is 0 Å². The Hall–Kier alpha value is -2.62. The van der Waals surface area contributed by atoms with Gasteiger partial charge in [0.25, 0.3) is 0 Å². The number of primary amides is 1. The van der Waals surface area contributed by atoms with E-state index in [4.69, 9.17) is 5.73 Å². The normalized spacial score (nSPS) is 11.3. The molecule has 0 saturated carbocycles. The number of benzene rings is 1. The largest absolute Gasteiger partial charge is 0.369 e. The highest BCUT2D eigenvalue weighted by Gasteiger charge is 2.12. The van der Waals surface area contributed by atoms with Gasteiger partial charge in [-0.05, 0) is 40.8 Å². The molecule has 2 N–H and O–H groups in total. The number of rotatable bonds is 5. The van der Waals surface area contributed by atoms with Gasteiger partial charge in [-0.1, -0.05) is 26.0 Å². The summed E-state index contributed by atoms with van der Waals surface area (Å²) in [5.41, 5.74) is 9.81. The first-order chi connectivity index (χ1) is 11.0. The lowest BCUT2D eigenvalue weighted by Crippen LogP contribution is -2.13. The van der Waals surface area contributed by atoms with Crippen molar-refractivity contribution in [2.75, 3.05) is 0 Å². The molecule has 0 bridgehead atoms. The highest BCUT2D eigenvalue weighted by atomic mass is 16.1. The molecule has 0 spiro atoms. The molecule has 4 nitrogen and oxygen atoms in total. The summed E-state index contributed by atoms with van der Waals surface area (Å²) in [6.45, 7) is 5.29. The Morgan fingerprint density at radius 2 is 1.91 bits per heavy atom. The minimum Gasteiger partial charge on any atom is -0.369 e. The third-order valence-electron chi connectivity index (χ3n) is 3.90. The van der Waals surface area contributed by atoms with Crippen molar-refractivity contribution in [1.82, 2.24) is 9.55 Å². The van der Waals surface area contributed by atoms with Gasteiger partial charge >= 0.3 is 0 Å². The Morgan fingerprint density at radius 3 is 2.57 bits per heavy atom. The van der Waals surface area contributed by atoms with Gasteiger partial charge in [-0.15, -0.1) is 0 Å². The number of amides is 1. The lowest BCUT2D eigenvalue weighted by atomic mass is 10.0. The molecule has 0 fully saturated rings. The molecular weight excluding hydrogens is 286 g/mol. The van der Waals surface area contributed by atoms with Crippen LogP contribution in [-0.2, 0) is 17.8 Å². The smallest absolute Gasteiger partial charge is 0.221 e. The van der Waals surface area contributed by atoms with Crippen molar-refractivity contribution in [2.24, 2.45) is 11.7 Å². The van der Waals surface area contributed by atoms with Crippen LogP contribution in [0.25, 0.3) is 22.0 Å². The molecular formula is C19H21N3O. The maximum atomic E-state index is 11.3. The Balaban J connectivity index is 2.14. The second-order valence-corrected chi connectivity index (χ2v) is 6.31. The third-order valence-corrected chi connectivity index (χ3v) is 3.90. The molecule has 0 aliphatic heterocycles. The second kappa shape index (κ2) is 6.24. The molecule has 1 amide bonds. The quantitative estimate of drug-likeness (QED) is 0.785. The first-order valence-corrected chi connectivity index (χ1v) is 7.85. The van der Waals surface area contributed by atoms with E-state index in [9.17, 15) is 4.79 Å². The van der Waals surface area contributed by atoms with Crippen molar-refractivity contribution >= 4 is 16.8 Å². The number of hydrogen-bond acceptors (Lipinski definition) is 2. The van der Waals surface area contributed by atoms with Crippen LogP contribution in [0.2, 0.25) is 0 Å². The van der Waals surface area contributed by atoms with E-state index in [0.717, 1.165) is 34.1 Å². The number of fused-ring (bicyclic) bond motifs is 1. The minimum atomic E-state index is -0.299. The SMILES string of the molecule is CC(C)Cn1cc(CC(N)=O)c2ccc(-c3ccncc3)cc21. The van der Waals surface area contributed by atoms with Crippen molar-refractivity contribution < 1.29 is 4.79 Å². The van der Waals surface area contributed by atoms with Gasteiger partial charge in [-0.25, -0.2) is 0 Å². The molecule has 2 aromatic heterocycles. The average molecular weight is 307 g/mol.